The summed E-state index contributed by atoms with van der Waals surface area (Å²) in [5, 5.41) is 0.0339. The third-order valence-electron chi connectivity index (χ3n) is 4.82. The molecule has 1 N–H and O–H groups in total. The van der Waals surface area contributed by atoms with Crippen LogP contribution in [0.15, 0.2) is 60.0 Å². The van der Waals surface area contributed by atoms with E-state index in [-0.39, 0.29) is 65.6 Å². The van der Waals surface area contributed by atoms with Crippen molar-refractivity contribution in [3.05, 3.63) is 77.1 Å². The third kappa shape index (κ3) is 5.30. The minimum atomic E-state index is -3.75. The molecular formula is C21H21ClFN3O4S. The molecule has 1 heterocycles. The fourth-order valence-electron chi connectivity index (χ4n) is 3.18. The number of hydrogen-bond acceptors (Lipinski definition) is 4. The highest BCUT2D eigenvalue weighted by molar-refractivity contribution is 7.89. The van der Waals surface area contributed by atoms with Crippen LogP contribution in [0.1, 0.15) is 20.7 Å². The van der Waals surface area contributed by atoms with E-state index in [2.05, 4.69) is 11.3 Å². The number of sulfonamides is 1. The van der Waals surface area contributed by atoms with Crippen molar-refractivity contribution in [3.63, 3.8) is 0 Å². The number of nitrogens with one attached hydrogen (secondary N) is 1. The van der Waals surface area contributed by atoms with Crippen LogP contribution in [0.3, 0.4) is 0 Å². The summed E-state index contributed by atoms with van der Waals surface area (Å²) in [6.45, 7) is 4.64. The maximum absolute atomic E-state index is 13.2. The molecule has 0 bridgehead atoms. The fraction of sp³-hybridized carbons (Fsp3) is 0.238. The van der Waals surface area contributed by atoms with Crippen LogP contribution < -0.4 is 4.72 Å². The summed E-state index contributed by atoms with van der Waals surface area (Å²) in [7, 11) is -3.75. The van der Waals surface area contributed by atoms with Crippen molar-refractivity contribution < 1.29 is 22.4 Å². The van der Waals surface area contributed by atoms with Crippen LogP contribution in [0.4, 0.5) is 4.39 Å². The second-order valence-electron chi connectivity index (χ2n) is 6.88. The summed E-state index contributed by atoms with van der Waals surface area (Å²) in [5.74, 6) is -1.19. The van der Waals surface area contributed by atoms with Crippen molar-refractivity contribution >= 4 is 33.4 Å². The summed E-state index contributed by atoms with van der Waals surface area (Å²) >= 11 is 5.97. The van der Waals surface area contributed by atoms with Crippen LogP contribution in [0, 0.1) is 5.82 Å². The number of halogens is 2. The predicted molar refractivity (Wildman–Crippen MR) is 115 cm³/mol. The maximum atomic E-state index is 13.2. The number of benzene rings is 2. The third-order valence-corrected chi connectivity index (χ3v) is 6.56. The molecule has 0 unspecified atom stereocenters. The molecule has 7 nitrogen and oxygen atoms in total. The van der Waals surface area contributed by atoms with E-state index in [0.717, 1.165) is 6.07 Å². The number of carbonyl (C=O) groups excluding carboxylic acids is 2. The molecule has 1 aliphatic heterocycles. The largest absolute Gasteiger partial charge is 0.335 e. The smallest absolute Gasteiger partial charge is 0.255 e. The van der Waals surface area contributed by atoms with Gasteiger partial charge in [-0.3, -0.25) is 9.59 Å². The number of hydrogen-bond donors (Lipinski definition) is 1. The van der Waals surface area contributed by atoms with Gasteiger partial charge in [-0.25, -0.2) is 17.5 Å². The molecule has 10 heteroatoms. The van der Waals surface area contributed by atoms with Crippen molar-refractivity contribution in [1.29, 1.82) is 0 Å². The van der Waals surface area contributed by atoms with E-state index >= 15 is 0 Å². The van der Waals surface area contributed by atoms with Gasteiger partial charge in [-0.05, 0) is 36.4 Å². The zero-order valence-corrected chi connectivity index (χ0v) is 18.1. The summed E-state index contributed by atoms with van der Waals surface area (Å²) in [5.41, 5.74) is 0.440. The van der Waals surface area contributed by atoms with E-state index in [1.807, 2.05) is 0 Å². The molecule has 2 amide bonds. The van der Waals surface area contributed by atoms with Crippen molar-refractivity contribution in [2.75, 3.05) is 32.7 Å². The molecule has 0 spiro atoms. The van der Waals surface area contributed by atoms with Gasteiger partial charge in [0.15, 0.2) is 0 Å². The molecule has 0 radical (unpaired) electrons. The lowest BCUT2D eigenvalue weighted by atomic mass is 10.1. The highest BCUT2D eigenvalue weighted by Gasteiger charge is 2.27. The first kappa shape index (κ1) is 22.9. The van der Waals surface area contributed by atoms with Crippen LogP contribution >= 0.6 is 11.6 Å². The van der Waals surface area contributed by atoms with Crippen molar-refractivity contribution in [2.45, 2.75) is 4.90 Å². The predicted octanol–water partition coefficient (Wildman–Crippen LogP) is 2.54. The second-order valence-corrected chi connectivity index (χ2v) is 9.05. The lowest BCUT2D eigenvalue weighted by molar-refractivity contribution is 0.0535. The van der Waals surface area contributed by atoms with E-state index in [9.17, 15) is 22.4 Å². The van der Waals surface area contributed by atoms with Crippen LogP contribution in [0.25, 0.3) is 0 Å². The van der Waals surface area contributed by atoms with Crippen molar-refractivity contribution in [2.24, 2.45) is 0 Å². The first-order valence-electron chi connectivity index (χ1n) is 9.47. The molecule has 164 valence electrons. The van der Waals surface area contributed by atoms with Gasteiger partial charge in [0.2, 0.25) is 10.0 Å². The standard InChI is InChI=1S/C21H21ClFN3O4S/c1-2-8-24-31(29,30)17-5-3-4-15(13-17)20(27)25-9-11-26(12-10-25)21(28)18-7-6-16(23)14-19(18)22/h2-7,13-14,24H,1,8-12H2. The van der Waals surface area contributed by atoms with E-state index < -0.39 is 15.8 Å². The van der Waals surface area contributed by atoms with Crippen molar-refractivity contribution in [3.8, 4) is 0 Å². The Morgan fingerprint density at radius 2 is 1.71 bits per heavy atom. The summed E-state index contributed by atoms with van der Waals surface area (Å²) in [6, 6.07) is 9.37. The number of carbonyl (C=O) groups is 2. The van der Waals surface area contributed by atoms with Gasteiger partial charge in [0, 0.05) is 38.3 Å². The lowest BCUT2D eigenvalue weighted by Crippen LogP contribution is -2.50. The quantitative estimate of drug-likeness (QED) is 0.664. The molecule has 0 aromatic heterocycles. The number of amides is 2. The zero-order chi connectivity index (χ0) is 22.6. The topological polar surface area (TPSA) is 86.8 Å². The summed E-state index contributed by atoms with van der Waals surface area (Å²) in [6.07, 6.45) is 1.42. The van der Waals surface area contributed by atoms with E-state index in [0.29, 0.717) is 0 Å². The van der Waals surface area contributed by atoms with E-state index in [4.69, 9.17) is 11.6 Å². The van der Waals surface area contributed by atoms with Gasteiger partial charge in [0.05, 0.1) is 15.5 Å². The highest BCUT2D eigenvalue weighted by atomic mass is 35.5. The molecule has 0 aliphatic carbocycles. The van der Waals surface area contributed by atoms with Gasteiger partial charge in [-0.15, -0.1) is 6.58 Å². The average molecular weight is 466 g/mol. The highest BCUT2D eigenvalue weighted by Crippen LogP contribution is 2.20. The van der Waals surface area contributed by atoms with Gasteiger partial charge < -0.3 is 9.80 Å². The number of piperazine rings is 1. The fourth-order valence-corrected chi connectivity index (χ4v) is 4.47. The van der Waals surface area contributed by atoms with Crippen LogP contribution in [-0.2, 0) is 10.0 Å². The minimum Gasteiger partial charge on any atom is -0.335 e. The summed E-state index contributed by atoms with van der Waals surface area (Å²) in [4.78, 5) is 28.6. The molecule has 2 aromatic rings. The molecule has 1 aliphatic rings. The molecule has 0 saturated carbocycles. The molecule has 2 aromatic carbocycles. The lowest BCUT2D eigenvalue weighted by Gasteiger charge is -2.35. The molecule has 1 fully saturated rings. The minimum absolute atomic E-state index is 0.0139. The Hall–Kier alpha value is -2.75. The molecule has 31 heavy (non-hydrogen) atoms. The van der Waals surface area contributed by atoms with Crippen LogP contribution in [0.5, 0.6) is 0 Å². The number of nitrogens with zero attached hydrogens (tertiary/aromatic N) is 2. The normalized spacial score (nSPS) is 14.4. The zero-order valence-electron chi connectivity index (χ0n) is 16.6. The van der Waals surface area contributed by atoms with E-state index in [1.165, 1.54) is 36.4 Å². The first-order chi connectivity index (χ1) is 14.7. The van der Waals surface area contributed by atoms with Gasteiger partial charge in [-0.1, -0.05) is 23.7 Å². The Labute approximate surface area is 185 Å². The van der Waals surface area contributed by atoms with E-state index in [1.54, 1.807) is 15.9 Å². The Morgan fingerprint density at radius 3 is 2.32 bits per heavy atom. The second kappa shape index (κ2) is 9.59. The Balaban J connectivity index is 1.67. The Morgan fingerprint density at radius 1 is 1.06 bits per heavy atom. The SMILES string of the molecule is C=CCNS(=O)(=O)c1cccc(C(=O)N2CCN(C(=O)c3ccc(F)cc3Cl)CC2)c1. The van der Waals surface area contributed by atoms with Gasteiger partial charge in [0.25, 0.3) is 11.8 Å². The number of rotatable bonds is 6. The molecular weight excluding hydrogens is 445 g/mol. The molecule has 0 atom stereocenters. The monoisotopic (exact) mass is 465 g/mol. The average Bonchev–Trinajstić information content (AvgIpc) is 2.77. The van der Waals surface area contributed by atoms with Gasteiger partial charge >= 0.3 is 0 Å². The molecule has 1 saturated heterocycles. The van der Waals surface area contributed by atoms with Crippen LogP contribution in [0.2, 0.25) is 5.02 Å². The Kier molecular flexibility index (Phi) is 7.09. The molecule has 3 rings (SSSR count). The first-order valence-corrected chi connectivity index (χ1v) is 11.3. The summed E-state index contributed by atoms with van der Waals surface area (Å²) < 4.78 is 40.1. The maximum Gasteiger partial charge on any atom is 0.255 e. The van der Waals surface area contributed by atoms with Crippen LogP contribution in [-0.4, -0.2) is 62.8 Å². The Bertz CT molecular complexity index is 1120. The van der Waals surface area contributed by atoms with Crippen molar-refractivity contribution in [1.82, 2.24) is 14.5 Å². The van der Waals surface area contributed by atoms with Gasteiger partial charge in [0.1, 0.15) is 5.82 Å². The van der Waals surface area contributed by atoms with Gasteiger partial charge in [-0.2, -0.15) is 0 Å².